The Morgan fingerprint density at radius 2 is 2.00 bits per heavy atom. The lowest BCUT2D eigenvalue weighted by molar-refractivity contribution is -0.119. The van der Waals surface area contributed by atoms with Crippen molar-refractivity contribution in [3.63, 3.8) is 0 Å². The van der Waals surface area contributed by atoms with Gasteiger partial charge in [-0.1, -0.05) is 23.3 Å². The second-order valence-corrected chi connectivity index (χ2v) is 3.07. The first-order valence-electron chi connectivity index (χ1n) is 4.89. The molecule has 0 aromatic heterocycles. The molecule has 1 rings (SSSR count). The highest BCUT2D eigenvalue weighted by Crippen LogP contribution is 2.03. The van der Waals surface area contributed by atoms with Crippen molar-refractivity contribution in [1.29, 1.82) is 0 Å². The van der Waals surface area contributed by atoms with Gasteiger partial charge in [0.25, 0.3) is 0 Å². The molecule has 0 heterocycles. The first-order chi connectivity index (χ1) is 8.22. The van der Waals surface area contributed by atoms with Crippen molar-refractivity contribution < 1.29 is 9.59 Å². The molecule has 3 amide bonds. The van der Waals surface area contributed by atoms with Gasteiger partial charge in [-0.05, 0) is 17.7 Å². The second kappa shape index (κ2) is 6.86. The summed E-state index contributed by atoms with van der Waals surface area (Å²) in [5.41, 5.74) is 8.59. The fourth-order valence-electron chi connectivity index (χ4n) is 1.07. The molecule has 0 radical (unpaired) electrons. The zero-order valence-corrected chi connectivity index (χ0v) is 8.96. The number of hydrogen-bond donors (Lipinski definition) is 2. The van der Waals surface area contributed by atoms with Gasteiger partial charge in [-0.15, -0.1) is 0 Å². The third-order valence-corrected chi connectivity index (χ3v) is 1.79. The van der Waals surface area contributed by atoms with E-state index in [0.717, 1.165) is 0 Å². The maximum Gasteiger partial charge on any atom is 0.325 e. The average molecular weight is 233 g/mol. The summed E-state index contributed by atoms with van der Waals surface area (Å²) in [6.07, 6.45) is -0.0216. The van der Waals surface area contributed by atoms with E-state index >= 15 is 0 Å². The van der Waals surface area contributed by atoms with Crippen molar-refractivity contribution in [2.45, 2.75) is 6.42 Å². The lowest BCUT2D eigenvalue weighted by atomic mass is 10.3. The Labute approximate surface area is 97.4 Å². The molecule has 0 aliphatic carbocycles. The molecule has 1 aromatic carbocycles. The van der Waals surface area contributed by atoms with Crippen molar-refractivity contribution in [2.24, 2.45) is 5.11 Å². The van der Waals surface area contributed by atoms with Gasteiger partial charge in [0, 0.05) is 23.6 Å². The number of carbonyl (C=O) groups is 2. The number of para-hydroxylation sites is 1. The van der Waals surface area contributed by atoms with E-state index in [1.165, 1.54) is 0 Å². The van der Waals surface area contributed by atoms with Crippen molar-refractivity contribution in [3.8, 4) is 0 Å². The summed E-state index contributed by atoms with van der Waals surface area (Å²) in [5.74, 6) is -0.495. The number of anilines is 1. The molecule has 88 valence electrons. The van der Waals surface area contributed by atoms with Crippen molar-refractivity contribution in [3.05, 3.63) is 40.8 Å². The van der Waals surface area contributed by atoms with E-state index in [0.29, 0.717) is 5.69 Å². The van der Waals surface area contributed by atoms with Crippen LogP contribution in [-0.4, -0.2) is 18.5 Å². The van der Waals surface area contributed by atoms with Crippen LogP contribution in [-0.2, 0) is 4.79 Å². The Hall–Kier alpha value is -2.53. The van der Waals surface area contributed by atoms with Crippen LogP contribution in [0.2, 0.25) is 0 Å². The van der Waals surface area contributed by atoms with Gasteiger partial charge >= 0.3 is 6.03 Å². The van der Waals surface area contributed by atoms with Gasteiger partial charge in [0.1, 0.15) is 0 Å². The molecule has 0 fully saturated rings. The van der Waals surface area contributed by atoms with Gasteiger partial charge < -0.3 is 5.32 Å². The smallest absolute Gasteiger partial charge is 0.308 e. The van der Waals surface area contributed by atoms with Gasteiger partial charge in [0.05, 0.1) is 0 Å². The zero-order valence-electron chi connectivity index (χ0n) is 8.96. The molecule has 17 heavy (non-hydrogen) atoms. The molecule has 0 spiro atoms. The van der Waals surface area contributed by atoms with E-state index in [-0.39, 0.29) is 13.0 Å². The maximum absolute atomic E-state index is 11.3. The Bertz CT molecular complexity index is 439. The number of hydrogen-bond acceptors (Lipinski definition) is 3. The van der Waals surface area contributed by atoms with E-state index in [1.807, 2.05) is 6.07 Å². The summed E-state index contributed by atoms with van der Waals surface area (Å²) in [5, 5.41) is 7.80. The fraction of sp³-hybridized carbons (Fsp3) is 0.200. The predicted octanol–water partition coefficient (Wildman–Crippen LogP) is 2.04. The number of amides is 3. The standard InChI is InChI=1S/C10H11N5O2/c11-15-12-7-6-9(16)14-10(17)13-8-4-2-1-3-5-8/h1-5H,6-7H2,(H2,13,14,16,17). The van der Waals surface area contributed by atoms with E-state index in [1.54, 1.807) is 24.3 Å². The van der Waals surface area contributed by atoms with Crippen LogP contribution >= 0.6 is 0 Å². The molecular weight excluding hydrogens is 222 g/mol. The summed E-state index contributed by atoms with van der Waals surface area (Å²) in [7, 11) is 0. The van der Waals surface area contributed by atoms with Gasteiger partial charge in [-0.25, -0.2) is 4.79 Å². The lowest BCUT2D eigenvalue weighted by Gasteiger charge is -2.05. The third kappa shape index (κ3) is 5.19. The minimum Gasteiger partial charge on any atom is -0.308 e. The first kappa shape index (κ1) is 12.5. The van der Waals surface area contributed by atoms with Crippen LogP contribution in [0, 0.1) is 0 Å². The average Bonchev–Trinajstić information content (AvgIpc) is 2.30. The molecule has 0 atom stereocenters. The number of azide groups is 1. The monoisotopic (exact) mass is 233 g/mol. The van der Waals surface area contributed by atoms with E-state index in [4.69, 9.17) is 5.53 Å². The van der Waals surface area contributed by atoms with Gasteiger partial charge in [-0.2, -0.15) is 0 Å². The lowest BCUT2D eigenvalue weighted by Crippen LogP contribution is -2.34. The number of rotatable bonds is 4. The molecule has 7 heteroatoms. The van der Waals surface area contributed by atoms with Crippen LogP contribution in [0.3, 0.4) is 0 Å². The Morgan fingerprint density at radius 1 is 1.29 bits per heavy atom. The van der Waals surface area contributed by atoms with E-state index in [2.05, 4.69) is 20.7 Å². The second-order valence-electron chi connectivity index (χ2n) is 3.07. The molecule has 1 aromatic rings. The number of nitrogens with zero attached hydrogens (tertiary/aromatic N) is 3. The molecule has 0 saturated carbocycles. The molecule has 0 bridgehead atoms. The minimum absolute atomic E-state index is 0.0216. The van der Waals surface area contributed by atoms with Gasteiger partial charge in [0.2, 0.25) is 5.91 Å². The summed E-state index contributed by atoms with van der Waals surface area (Å²) in [6, 6.07) is 8.13. The van der Waals surface area contributed by atoms with Crippen LogP contribution in [0.5, 0.6) is 0 Å². The molecule has 2 N–H and O–H groups in total. The van der Waals surface area contributed by atoms with E-state index < -0.39 is 11.9 Å². The summed E-state index contributed by atoms with van der Waals surface area (Å²) < 4.78 is 0. The normalized spacial score (nSPS) is 8.94. The van der Waals surface area contributed by atoms with Crippen LogP contribution in [0.1, 0.15) is 6.42 Å². The van der Waals surface area contributed by atoms with Crippen molar-refractivity contribution in [1.82, 2.24) is 5.32 Å². The number of nitrogens with one attached hydrogen (secondary N) is 2. The molecule has 0 unspecified atom stereocenters. The van der Waals surface area contributed by atoms with Crippen LogP contribution in [0.4, 0.5) is 10.5 Å². The van der Waals surface area contributed by atoms with Gasteiger partial charge in [-0.3, -0.25) is 10.1 Å². The topological polar surface area (TPSA) is 107 Å². The first-order valence-corrected chi connectivity index (χ1v) is 4.89. The SMILES string of the molecule is [N-]=[N+]=NCCC(=O)NC(=O)Nc1ccccc1. The number of urea groups is 1. The third-order valence-electron chi connectivity index (χ3n) is 1.79. The van der Waals surface area contributed by atoms with Crippen molar-refractivity contribution in [2.75, 3.05) is 11.9 Å². The summed E-state index contributed by atoms with van der Waals surface area (Å²) in [4.78, 5) is 25.0. The Morgan fingerprint density at radius 3 is 2.65 bits per heavy atom. The van der Waals surface area contributed by atoms with Crippen molar-refractivity contribution >= 4 is 17.6 Å². The fourth-order valence-corrected chi connectivity index (χ4v) is 1.07. The molecule has 0 aliphatic rings. The molecular formula is C10H11N5O2. The quantitative estimate of drug-likeness (QED) is 0.471. The number of carbonyl (C=O) groups excluding carboxylic acids is 2. The van der Waals surface area contributed by atoms with E-state index in [9.17, 15) is 9.59 Å². The van der Waals surface area contributed by atoms with Gasteiger partial charge in [0.15, 0.2) is 0 Å². The van der Waals surface area contributed by atoms with Crippen LogP contribution in [0.15, 0.2) is 35.4 Å². The summed E-state index contributed by atoms with van der Waals surface area (Å²) >= 11 is 0. The summed E-state index contributed by atoms with van der Waals surface area (Å²) in [6.45, 7) is 0.0287. The van der Waals surface area contributed by atoms with Crippen LogP contribution in [0.25, 0.3) is 10.4 Å². The molecule has 7 nitrogen and oxygen atoms in total. The highest BCUT2D eigenvalue weighted by atomic mass is 16.2. The Balaban J connectivity index is 2.34. The highest BCUT2D eigenvalue weighted by molar-refractivity contribution is 6.01. The Kier molecular flexibility index (Phi) is 5.06. The number of benzene rings is 1. The highest BCUT2D eigenvalue weighted by Gasteiger charge is 2.06. The largest absolute Gasteiger partial charge is 0.325 e. The maximum atomic E-state index is 11.3. The zero-order chi connectivity index (χ0) is 12.5. The number of imide groups is 1. The minimum atomic E-state index is -0.609. The molecule has 0 aliphatic heterocycles. The van der Waals surface area contributed by atoms with Crippen LogP contribution < -0.4 is 10.6 Å². The molecule has 0 saturated heterocycles. The predicted molar refractivity (Wildman–Crippen MR) is 62.2 cm³/mol.